The lowest BCUT2D eigenvalue weighted by atomic mass is 9.92. The van der Waals surface area contributed by atoms with E-state index < -0.39 is 12.8 Å². The Bertz CT molecular complexity index is 201. The van der Waals surface area contributed by atoms with Crippen molar-refractivity contribution in [3.63, 3.8) is 0 Å². The largest absolute Gasteiger partial charge is 0.393 e. The summed E-state index contributed by atoms with van der Waals surface area (Å²) in [6.07, 6.45) is 0.360. The number of aliphatic hydroxyl groups excluding tert-OH is 1. The number of piperidine rings is 1. The molecule has 4 nitrogen and oxygen atoms in total. The molecule has 1 heterocycles. The summed E-state index contributed by atoms with van der Waals surface area (Å²) >= 11 is 0. The van der Waals surface area contributed by atoms with E-state index in [1.54, 1.807) is 4.90 Å². The Morgan fingerprint density at radius 2 is 2.36 bits per heavy atom. The van der Waals surface area contributed by atoms with E-state index in [0.717, 1.165) is 0 Å². The van der Waals surface area contributed by atoms with Crippen molar-refractivity contribution in [2.75, 3.05) is 26.3 Å². The van der Waals surface area contributed by atoms with Gasteiger partial charge in [-0.05, 0) is 12.8 Å². The zero-order valence-corrected chi connectivity index (χ0v) is 8.16. The first kappa shape index (κ1) is 11.4. The maximum atomic E-state index is 12.1. The summed E-state index contributed by atoms with van der Waals surface area (Å²) < 4.78 is 12.1. The average Bonchev–Trinajstić information content (AvgIpc) is 2.20. The Morgan fingerprint density at radius 3 is 2.93 bits per heavy atom. The van der Waals surface area contributed by atoms with Crippen LogP contribution in [-0.4, -0.2) is 48.3 Å². The van der Waals surface area contributed by atoms with Crippen molar-refractivity contribution in [3.05, 3.63) is 0 Å². The minimum absolute atomic E-state index is 0.0154. The molecule has 1 amide bonds. The van der Waals surface area contributed by atoms with Crippen molar-refractivity contribution in [2.45, 2.75) is 18.9 Å². The summed E-state index contributed by atoms with van der Waals surface area (Å²) in [6.45, 7) is 0.492. The lowest BCUT2D eigenvalue weighted by Gasteiger charge is -2.35. The predicted molar refractivity (Wildman–Crippen MR) is 50.3 cm³/mol. The fourth-order valence-electron chi connectivity index (χ4n) is 1.80. The van der Waals surface area contributed by atoms with Gasteiger partial charge in [0.25, 0.3) is 0 Å². The van der Waals surface area contributed by atoms with Crippen LogP contribution in [0.3, 0.4) is 0 Å². The third-order valence-corrected chi connectivity index (χ3v) is 2.70. The molecule has 1 aliphatic rings. The Labute approximate surface area is 82.9 Å². The van der Waals surface area contributed by atoms with E-state index in [0.29, 0.717) is 25.9 Å². The maximum absolute atomic E-state index is 12.1. The number of likely N-dealkylation sites (tertiary alicyclic amines) is 1. The molecule has 0 aliphatic carbocycles. The molecule has 5 heteroatoms. The predicted octanol–water partition coefficient (Wildman–Crippen LogP) is -0.486. The van der Waals surface area contributed by atoms with Crippen LogP contribution in [0.1, 0.15) is 12.8 Å². The van der Waals surface area contributed by atoms with Crippen LogP contribution in [0.4, 0.5) is 4.39 Å². The SMILES string of the molecule is NCC(=O)N1CC[C@H](O)[C@H](CCF)C1. The van der Waals surface area contributed by atoms with Crippen LogP contribution < -0.4 is 5.73 Å². The van der Waals surface area contributed by atoms with Gasteiger partial charge in [0, 0.05) is 19.0 Å². The molecule has 0 aromatic heterocycles. The van der Waals surface area contributed by atoms with E-state index in [2.05, 4.69) is 0 Å². The first-order valence-electron chi connectivity index (χ1n) is 4.91. The second kappa shape index (κ2) is 5.26. The van der Waals surface area contributed by atoms with Crippen LogP contribution in [0, 0.1) is 5.92 Å². The first-order valence-corrected chi connectivity index (χ1v) is 4.91. The number of carbonyl (C=O) groups is 1. The number of rotatable bonds is 3. The van der Waals surface area contributed by atoms with Gasteiger partial charge in [-0.1, -0.05) is 0 Å². The lowest BCUT2D eigenvalue weighted by molar-refractivity contribution is -0.133. The quantitative estimate of drug-likeness (QED) is 0.652. The van der Waals surface area contributed by atoms with Crippen molar-refractivity contribution in [2.24, 2.45) is 11.7 Å². The molecule has 0 aromatic rings. The van der Waals surface area contributed by atoms with Crippen LogP contribution in [0.5, 0.6) is 0 Å². The van der Waals surface area contributed by atoms with Gasteiger partial charge in [0.15, 0.2) is 0 Å². The summed E-state index contributed by atoms with van der Waals surface area (Å²) in [5, 5.41) is 9.54. The van der Waals surface area contributed by atoms with E-state index in [9.17, 15) is 14.3 Å². The van der Waals surface area contributed by atoms with E-state index in [4.69, 9.17) is 5.73 Å². The zero-order chi connectivity index (χ0) is 10.6. The Morgan fingerprint density at radius 1 is 1.64 bits per heavy atom. The molecule has 0 saturated carbocycles. The summed E-state index contributed by atoms with van der Waals surface area (Å²) in [7, 11) is 0. The number of halogens is 1. The summed E-state index contributed by atoms with van der Waals surface area (Å²) in [5.41, 5.74) is 5.23. The van der Waals surface area contributed by atoms with Crippen LogP contribution in [-0.2, 0) is 4.79 Å². The standard InChI is InChI=1S/C9H17FN2O2/c10-3-1-7-6-12(9(14)5-11)4-2-8(7)13/h7-8,13H,1-6,11H2/t7-,8+/m1/s1. The van der Waals surface area contributed by atoms with Gasteiger partial charge in [-0.2, -0.15) is 0 Å². The smallest absolute Gasteiger partial charge is 0.236 e. The number of nitrogens with zero attached hydrogens (tertiary/aromatic N) is 1. The van der Waals surface area contributed by atoms with Gasteiger partial charge >= 0.3 is 0 Å². The maximum Gasteiger partial charge on any atom is 0.236 e. The Balaban J connectivity index is 2.48. The van der Waals surface area contributed by atoms with Crippen molar-refractivity contribution >= 4 is 5.91 Å². The molecule has 1 fully saturated rings. The van der Waals surface area contributed by atoms with E-state index >= 15 is 0 Å². The van der Waals surface area contributed by atoms with Crippen LogP contribution in [0.15, 0.2) is 0 Å². The Hall–Kier alpha value is -0.680. The average molecular weight is 204 g/mol. The minimum atomic E-state index is -0.479. The Kier molecular flexibility index (Phi) is 4.28. The van der Waals surface area contributed by atoms with Crippen molar-refractivity contribution < 1.29 is 14.3 Å². The molecule has 1 aliphatic heterocycles. The van der Waals surface area contributed by atoms with Crippen LogP contribution >= 0.6 is 0 Å². The van der Waals surface area contributed by atoms with Crippen molar-refractivity contribution in [1.82, 2.24) is 4.90 Å². The van der Waals surface area contributed by atoms with Gasteiger partial charge in [-0.15, -0.1) is 0 Å². The van der Waals surface area contributed by atoms with Crippen LogP contribution in [0.2, 0.25) is 0 Å². The molecule has 0 bridgehead atoms. The third-order valence-electron chi connectivity index (χ3n) is 2.70. The summed E-state index contributed by atoms with van der Waals surface area (Å²) in [5.74, 6) is -0.259. The minimum Gasteiger partial charge on any atom is -0.393 e. The second-order valence-electron chi connectivity index (χ2n) is 3.64. The fourth-order valence-corrected chi connectivity index (χ4v) is 1.80. The van der Waals surface area contributed by atoms with Gasteiger partial charge in [-0.3, -0.25) is 9.18 Å². The molecule has 14 heavy (non-hydrogen) atoms. The molecule has 0 spiro atoms. The number of amides is 1. The molecule has 0 aromatic carbocycles. The topological polar surface area (TPSA) is 66.6 Å². The first-order chi connectivity index (χ1) is 6.69. The molecule has 1 saturated heterocycles. The molecular weight excluding hydrogens is 187 g/mol. The summed E-state index contributed by atoms with van der Waals surface area (Å²) in [4.78, 5) is 12.9. The lowest BCUT2D eigenvalue weighted by Crippen LogP contribution is -2.48. The number of nitrogens with two attached hydrogens (primary N) is 1. The number of hydrogen-bond acceptors (Lipinski definition) is 3. The highest BCUT2D eigenvalue weighted by Gasteiger charge is 2.29. The van der Waals surface area contributed by atoms with Gasteiger partial charge in [0.05, 0.1) is 19.3 Å². The number of hydrogen-bond donors (Lipinski definition) is 2. The van der Waals surface area contributed by atoms with Gasteiger partial charge < -0.3 is 15.7 Å². The highest BCUT2D eigenvalue weighted by molar-refractivity contribution is 5.78. The number of carbonyl (C=O) groups excluding carboxylic acids is 1. The second-order valence-corrected chi connectivity index (χ2v) is 3.64. The van der Waals surface area contributed by atoms with Gasteiger partial charge in [0.1, 0.15) is 0 Å². The molecule has 1 rings (SSSR count). The highest BCUT2D eigenvalue weighted by atomic mass is 19.1. The molecule has 82 valence electrons. The van der Waals surface area contributed by atoms with Gasteiger partial charge in [0.2, 0.25) is 5.91 Å². The van der Waals surface area contributed by atoms with Gasteiger partial charge in [-0.25, -0.2) is 0 Å². The number of alkyl halides is 1. The van der Waals surface area contributed by atoms with Crippen LogP contribution in [0.25, 0.3) is 0 Å². The third kappa shape index (κ3) is 2.65. The van der Waals surface area contributed by atoms with E-state index in [-0.39, 0.29) is 18.4 Å². The molecule has 3 N–H and O–H groups in total. The normalized spacial score (nSPS) is 27.8. The van der Waals surface area contributed by atoms with E-state index in [1.165, 1.54) is 0 Å². The monoisotopic (exact) mass is 204 g/mol. The summed E-state index contributed by atoms with van der Waals surface area (Å²) in [6, 6.07) is 0. The molecule has 0 radical (unpaired) electrons. The van der Waals surface area contributed by atoms with E-state index in [1.807, 2.05) is 0 Å². The number of aliphatic hydroxyl groups is 1. The van der Waals surface area contributed by atoms with Crippen molar-refractivity contribution in [1.29, 1.82) is 0 Å². The van der Waals surface area contributed by atoms with Crippen molar-refractivity contribution in [3.8, 4) is 0 Å². The molecule has 2 atom stereocenters. The highest BCUT2D eigenvalue weighted by Crippen LogP contribution is 2.20. The zero-order valence-electron chi connectivity index (χ0n) is 8.16. The fraction of sp³-hybridized carbons (Fsp3) is 0.889. The molecular formula is C9H17FN2O2. The molecule has 0 unspecified atom stereocenters.